The summed E-state index contributed by atoms with van der Waals surface area (Å²) in [6, 6.07) is 8.12. The fourth-order valence-electron chi connectivity index (χ4n) is 2.93. The molecule has 0 radical (unpaired) electrons. The van der Waals surface area contributed by atoms with E-state index in [9.17, 15) is 18.4 Å². The van der Waals surface area contributed by atoms with Gasteiger partial charge >= 0.3 is 6.09 Å². The van der Waals surface area contributed by atoms with Crippen molar-refractivity contribution in [2.45, 2.75) is 44.3 Å². The molecular weight excluding hydrogens is 384 g/mol. The van der Waals surface area contributed by atoms with Crippen molar-refractivity contribution in [1.82, 2.24) is 5.32 Å². The van der Waals surface area contributed by atoms with Crippen molar-refractivity contribution in [3.63, 3.8) is 0 Å². The van der Waals surface area contributed by atoms with Gasteiger partial charge in [0.05, 0.1) is 11.4 Å². The monoisotopic (exact) mass is 403 g/mol. The van der Waals surface area contributed by atoms with E-state index in [4.69, 9.17) is 4.74 Å². The number of ether oxygens (including phenoxy) is 1. The van der Waals surface area contributed by atoms with Crippen molar-refractivity contribution in [2.75, 3.05) is 5.33 Å². The predicted molar refractivity (Wildman–Crippen MR) is 89.3 cm³/mol. The number of halogens is 3. The Morgan fingerprint density at radius 3 is 2.67 bits per heavy atom. The van der Waals surface area contributed by atoms with Crippen LogP contribution in [-0.2, 0) is 16.1 Å². The van der Waals surface area contributed by atoms with Gasteiger partial charge in [-0.2, -0.15) is 0 Å². The first-order chi connectivity index (χ1) is 11.4. The molecule has 0 saturated heterocycles. The van der Waals surface area contributed by atoms with Gasteiger partial charge in [-0.1, -0.05) is 46.3 Å². The van der Waals surface area contributed by atoms with Crippen LogP contribution in [0.3, 0.4) is 0 Å². The molecule has 1 amide bonds. The molecule has 1 N–H and O–H groups in total. The molecular formula is C17H20BrF2NO3. The minimum absolute atomic E-state index is 0.00129. The number of nitrogens with one attached hydrogen (secondary N) is 1. The summed E-state index contributed by atoms with van der Waals surface area (Å²) in [7, 11) is 0. The third kappa shape index (κ3) is 5.54. The number of alkyl halides is 3. The first-order valence-electron chi connectivity index (χ1n) is 7.85. The largest absolute Gasteiger partial charge is 0.445 e. The first kappa shape index (κ1) is 18.8. The van der Waals surface area contributed by atoms with Gasteiger partial charge < -0.3 is 10.1 Å². The lowest BCUT2D eigenvalue weighted by Gasteiger charge is -2.33. The average molecular weight is 404 g/mol. The maximum Gasteiger partial charge on any atom is 0.408 e. The molecule has 7 heteroatoms. The lowest BCUT2D eigenvalue weighted by Crippen LogP contribution is -2.49. The molecule has 0 spiro atoms. The van der Waals surface area contributed by atoms with E-state index in [1.807, 2.05) is 18.2 Å². The van der Waals surface area contributed by atoms with Crippen LogP contribution in [0.15, 0.2) is 30.3 Å². The number of amides is 1. The molecule has 4 nitrogen and oxygen atoms in total. The quantitative estimate of drug-likeness (QED) is 0.728. The Bertz CT molecular complexity index is 568. The molecule has 0 aromatic heterocycles. The SMILES string of the molecule is O=C(N[C@H](C(=O)CBr)C1CCCC(F)(F)C1)OCc1ccccc1. The third-order valence-electron chi connectivity index (χ3n) is 4.11. The van der Waals surface area contributed by atoms with E-state index < -0.39 is 30.4 Å². The molecule has 0 bridgehead atoms. The Kier molecular flexibility index (Phi) is 6.71. The molecule has 2 rings (SSSR count). The smallest absolute Gasteiger partial charge is 0.408 e. The van der Waals surface area contributed by atoms with Gasteiger partial charge in [0, 0.05) is 12.8 Å². The van der Waals surface area contributed by atoms with Crippen LogP contribution in [0, 0.1) is 5.92 Å². The second-order valence-corrected chi connectivity index (χ2v) is 6.56. The zero-order valence-electron chi connectivity index (χ0n) is 13.1. The number of ketones is 1. The van der Waals surface area contributed by atoms with Gasteiger partial charge in [0.2, 0.25) is 5.92 Å². The van der Waals surface area contributed by atoms with Crippen LogP contribution >= 0.6 is 15.9 Å². The first-order valence-corrected chi connectivity index (χ1v) is 8.97. The highest BCUT2D eigenvalue weighted by Gasteiger charge is 2.41. The van der Waals surface area contributed by atoms with Crippen LogP contribution in [0.25, 0.3) is 0 Å². The van der Waals surface area contributed by atoms with Crippen molar-refractivity contribution >= 4 is 27.8 Å². The minimum atomic E-state index is -2.79. The standard InChI is InChI=1S/C17H20BrF2NO3/c18-10-14(22)15(13-7-4-8-17(19,20)9-13)21-16(23)24-11-12-5-2-1-3-6-12/h1-3,5-6,13,15H,4,7-11H2,(H,21,23)/t13?,15-/m0/s1. The molecule has 1 aliphatic rings. The normalized spacial score (nSPS) is 20.9. The summed E-state index contributed by atoms with van der Waals surface area (Å²) in [4.78, 5) is 24.0. The van der Waals surface area contributed by atoms with Gasteiger partial charge in [0.15, 0.2) is 5.78 Å². The zero-order chi connectivity index (χ0) is 17.6. The van der Waals surface area contributed by atoms with Crippen molar-refractivity contribution in [2.24, 2.45) is 5.92 Å². The Labute approximate surface area is 148 Å². The summed E-state index contributed by atoms with van der Waals surface area (Å²) in [5.74, 6) is -3.69. The van der Waals surface area contributed by atoms with Crippen LogP contribution < -0.4 is 5.32 Å². The van der Waals surface area contributed by atoms with E-state index in [2.05, 4.69) is 21.2 Å². The maximum atomic E-state index is 13.6. The second kappa shape index (κ2) is 8.55. The van der Waals surface area contributed by atoms with Gasteiger partial charge in [0.25, 0.3) is 0 Å². The highest BCUT2D eigenvalue weighted by molar-refractivity contribution is 9.09. The van der Waals surface area contributed by atoms with Crippen molar-refractivity contribution in [3.05, 3.63) is 35.9 Å². The summed E-state index contributed by atoms with van der Waals surface area (Å²) in [6.45, 7) is 0.0583. The van der Waals surface area contributed by atoms with Gasteiger partial charge in [-0.25, -0.2) is 13.6 Å². The summed E-state index contributed by atoms with van der Waals surface area (Å²) < 4.78 is 32.3. The van der Waals surface area contributed by atoms with E-state index in [0.29, 0.717) is 12.8 Å². The van der Waals surface area contributed by atoms with Gasteiger partial charge in [-0.05, 0) is 24.3 Å². The fraction of sp³-hybridized carbons (Fsp3) is 0.529. The maximum absolute atomic E-state index is 13.6. The summed E-state index contributed by atoms with van der Waals surface area (Å²) in [6.07, 6.45) is -0.512. The number of rotatable bonds is 6. The number of carbonyl (C=O) groups excluding carboxylic acids is 2. The average Bonchev–Trinajstić information content (AvgIpc) is 2.57. The number of Topliss-reactive ketones (excluding diaryl/α,β-unsaturated/α-hetero) is 1. The van der Waals surface area contributed by atoms with Gasteiger partial charge in [-0.3, -0.25) is 4.79 Å². The molecule has 1 fully saturated rings. The van der Waals surface area contributed by atoms with Crippen LogP contribution in [0.5, 0.6) is 0 Å². The molecule has 0 aliphatic heterocycles. The van der Waals surface area contributed by atoms with Gasteiger partial charge in [0.1, 0.15) is 6.61 Å². The lowest BCUT2D eigenvalue weighted by atomic mass is 9.80. The van der Waals surface area contributed by atoms with E-state index in [-0.39, 0.29) is 24.1 Å². The molecule has 0 heterocycles. The number of alkyl carbamates (subject to hydrolysis) is 1. The summed E-state index contributed by atoms with van der Waals surface area (Å²) >= 11 is 3.05. The lowest BCUT2D eigenvalue weighted by molar-refractivity contribution is -0.122. The van der Waals surface area contributed by atoms with E-state index in [0.717, 1.165) is 5.56 Å². The van der Waals surface area contributed by atoms with E-state index >= 15 is 0 Å². The van der Waals surface area contributed by atoms with Crippen LogP contribution in [-0.4, -0.2) is 29.2 Å². The molecule has 24 heavy (non-hydrogen) atoms. The fourth-order valence-corrected chi connectivity index (χ4v) is 3.28. The van der Waals surface area contributed by atoms with Crippen LogP contribution in [0.4, 0.5) is 13.6 Å². The highest BCUT2D eigenvalue weighted by Crippen LogP contribution is 2.38. The topological polar surface area (TPSA) is 55.4 Å². The molecule has 132 valence electrons. The van der Waals surface area contributed by atoms with E-state index in [1.165, 1.54) is 0 Å². The molecule has 1 saturated carbocycles. The summed E-state index contributed by atoms with van der Waals surface area (Å²) in [5, 5.41) is 2.47. The van der Waals surface area contributed by atoms with Crippen molar-refractivity contribution in [3.8, 4) is 0 Å². The third-order valence-corrected chi connectivity index (χ3v) is 4.67. The van der Waals surface area contributed by atoms with E-state index in [1.54, 1.807) is 12.1 Å². The molecule has 1 aromatic carbocycles. The number of benzene rings is 1. The predicted octanol–water partition coefficient (Wildman–Crippen LogP) is 4.07. The molecule has 1 aromatic rings. The molecule has 2 atom stereocenters. The second-order valence-electron chi connectivity index (χ2n) is 6.00. The minimum Gasteiger partial charge on any atom is -0.445 e. The van der Waals surface area contributed by atoms with Crippen molar-refractivity contribution < 1.29 is 23.1 Å². The Balaban J connectivity index is 1.95. The van der Waals surface area contributed by atoms with Gasteiger partial charge in [-0.15, -0.1) is 0 Å². The van der Waals surface area contributed by atoms with Crippen LogP contribution in [0.1, 0.15) is 31.2 Å². The number of carbonyl (C=O) groups is 2. The van der Waals surface area contributed by atoms with Crippen molar-refractivity contribution in [1.29, 1.82) is 0 Å². The highest BCUT2D eigenvalue weighted by atomic mass is 79.9. The number of hydrogen-bond acceptors (Lipinski definition) is 3. The summed E-state index contributed by atoms with van der Waals surface area (Å²) in [5.41, 5.74) is 0.806. The zero-order valence-corrected chi connectivity index (χ0v) is 14.7. The Hall–Kier alpha value is -1.50. The Morgan fingerprint density at radius 2 is 2.04 bits per heavy atom. The number of hydrogen-bond donors (Lipinski definition) is 1. The van der Waals surface area contributed by atoms with Crippen LogP contribution in [0.2, 0.25) is 0 Å². The Morgan fingerprint density at radius 1 is 1.33 bits per heavy atom. The molecule has 1 aliphatic carbocycles. The molecule has 1 unspecified atom stereocenters.